The fourth-order valence-corrected chi connectivity index (χ4v) is 1.38. The smallest absolute Gasteiger partial charge is 0.131 e. The monoisotopic (exact) mass is 200 g/mol. The molecule has 0 unspecified atom stereocenters. The van der Waals surface area contributed by atoms with E-state index in [-0.39, 0.29) is 0 Å². The lowest BCUT2D eigenvalue weighted by Crippen LogP contribution is -3.06. The van der Waals surface area contributed by atoms with Crippen molar-refractivity contribution in [3.8, 4) is 0 Å². The van der Waals surface area contributed by atoms with Crippen LogP contribution in [0.15, 0.2) is 5.16 Å². The molecule has 0 saturated heterocycles. The molecule has 0 fully saturated rings. The molecule has 0 amide bonds. The van der Waals surface area contributed by atoms with Gasteiger partial charge in [0.05, 0.1) is 27.2 Å². The lowest BCUT2D eigenvalue weighted by molar-refractivity contribution is -0.859. The second-order valence-corrected chi connectivity index (χ2v) is 3.73. The van der Waals surface area contributed by atoms with Crippen molar-refractivity contribution in [2.45, 2.75) is 25.0 Å². The van der Waals surface area contributed by atoms with E-state index < -0.39 is 0 Å². The standard InChI is InChI=1S/C8H16N4S/c1-4-7-9-10-8(13)12(7)6-5-11(2)3/h4-6H2,1-3H3,(H,10,13). The maximum atomic E-state index is 5.07. The summed E-state index contributed by atoms with van der Waals surface area (Å²) < 4.78 is 2.02. The van der Waals surface area contributed by atoms with Gasteiger partial charge in [-0.2, -0.15) is 5.10 Å². The van der Waals surface area contributed by atoms with Gasteiger partial charge in [0.2, 0.25) is 0 Å². The van der Waals surface area contributed by atoms with Crippen LogP contribution in [0.1, 0.15) is 12.7 Å². The third-order valence-electron chi connectivity index (χ3n) is 1.95. The van der Waals surface area contributed by atoms with Gasteiger partial charge in [-0.15, -0.1) is 5.10 Å². The summed E-state index contributed by atoms with van der Waals surface area (Å²) in [7, 11) is 4.25. The molecule has 0 bridgehead atoms. The lowest BCUT2D eigenvalue weighted by Gasteiger charge is -2.13. The Morgan fingerprint density at radius 3 is 2.62 bits per heavy atom. The Balaban J connectivity index is 2.68. The molecule has 4 nitrogen and oxygen atoms in total. The van der Waals surface area contributed by atoms with Gasteiger partial charge in [0.25, 0.3) is 0 Å². The van der Waals surface area contributed by atoms with Crippen molar-refractivity contribution in [3.63, 3.8) is 0 Å². The van der Waals surface area contributed by atoms with Gasteiger partial charge in [-0.25, -0.2) is 0 Å². The van der Waals surface area contributed by atoms with Crippen LogP contribution in [0.4, 0.5) is 0 Å². The number of nitrogens with zero attached hydrogens (tertiary/aromatic N) is 3. The molecule has 0 aliphatic heterocycles. The number of aromatic nitrogens is 3. The average molecular weight is 200 g/mol. The van der Waals surface area contributed by atoms with E-state index in [0.29, 0.717) is 5.16 Å². The summed E-state index contributed by atoms with van der Waals surface area (Å²) in [4.78, 5) is 1.41. The van der Waals surface area contributed by atoms with Crippen molar-refractivity contribution in [1.29, 1.82) is 0 Å². The predicted molar refractivity (Wildman–Crippen MR) is 52.7 cm³/mol. The van der Waals surface area contributed by atoms with Crippen LogP contribution in [0.2, 0.25) is 0 Å². The van der Waals surface area contributed by atoms with Gasteiger partial charge in [0.1, 0.15) is 5.82 Å². The van der Waals surface area contributed by atoms with Gasteiger partial charge < -0.3 is 22.1 Å². The van der Waals surface area contributed by atoms with Crippen LogP contribution in [-0.2, 0) is 25.6 Å². The fourth-order valence-electron chi connectivity index (χ4n) is 1.14. The van der Waals surface area contributed by atoms with Crippen molar-refractivity contribution < 1.29 is 4.90 Å². The molecule has 0 aliphatic carbocycles. The summed E-state index contributed by atoms with van der Waals surface area (Å²) in [5.74, 6) is 0.992. The van der Waals surface area contributed by atoms with E-state index in [0.717, 1.165) is 25.3 Å². The largest absolute Gasteiger partial charge is 0.740 e. The van der Waals surface area contributed by atoms with Crippen LogP contribution in [0.25, 0.3) is 0 Å². The van der Waals surface area contributed by atoms with Crippen LogP contribution in [0.3, 0.4) is 0 Å². The molecule has 0 atom stereocenters. The van der Waals surface area contributed by atoms with Crippen LogP contribution in [-0.4, -0.2) is 35.4 Å². The molecule has 1 aromatic heterocycles. The quantitative estimate of drug-likeness (QED) is 0.626. The van der Waals surface area contributed by atoms with E-state index >= 15 is 0 Å². The summed E-state index contributed by atoms with van der Waals surface area (Å²) >= 11 is 5.07. The van der Waals surface area contributed by atoms with Gasteiger partial charge in [-0.1, -0.05) is 6.92 Å². The first-order chi connectivity index (χ1) is 6.15. The lowest BCUT2D eigenvalue weighted by atomic mass is 10.4. The van der Waals surface area contributed by atoms with E-state index in [2.05, 4.69) is 31.2 Å². The molecule has 1 heterocycles. The molecule has 1 rings (SSSR count). The van der Waals surface area contributed by atoms with E-state index in [1.165, 1.54) is 4.90 Å². The first-order valence-corrected chi connectivity index (χ1v) is 4.94. The topological polar surface area (TPSA) is 35.1 Å². The molecule has 74 valence electrons. The Hall–Kier alpha value is -0.680. The number of hydrogen-bond acceptors (Lipinski definition) is 3. The van der Waals surface area contributed by atoms with Gasteiger partial charge in [0.15, 0.2) is 0 Å². The summed E-state index contributed by atoms with van der Waals surface area (Å²) in [5, 5.41) is 8.50. The highest BCUT2D eigenvalue weighted by molar-refractivity contribution is 7.58. The van der Waals surface area contributed by atoms with E-state index in [1.807, 2.05) is 4.57 Å². The minimum Gasteiger partial charge on any atom is -0.740 e. The van der Waals surface area contributed by atoms with Gasteiger partial charge in [0, 0.05) is 11.6 Å². The molecule has 0 aliphatic rings. The van der Waals surface area contributed by atoms with E-state index in [4.69, 9.17) is 12.6 Å². The fraction of sp³-hybridized carbons (Fsp3) is 0.750. The summed E-state index contributed by atoms with van der Waals surface area (Å²) in [5.41, 5.74) is 0. The Morgan fingerprint density at radius 1 is 1.38 bits per heavy atom. The maximum Gasteiger partial charge on any atom is 0.131 e. The van der Waals surface area contributed by atoms with Crippen molar-refractivity contribution in [2.24, 2.45) is 0 Å². The molecule has 0 radical (unpaired) electrons. The average Bonchev–Trinajstić information content (AvgIpc) is 2.43. The maximum absolute atomic E-state index is 5.07. The van der Waals surface area contributed by atoms with Gasteiger partial charge in [-0.05, 0) is 0 Å². The van der Waals surface area contributed by atoms with Crippen LogP contribution >= 0.6 is 0 Å². The molecule has 1 aromatic rings. The number of rotatable bonds is 4. The number of nitrogens with one attached hydrogen (secondary N) is 1. The highest BCUT2D eigenvalue weighted by Crippen LogP contribution is 2.00. The van der Waals surface area contributed by atoms with Crippen molar-refractivity contribution in [3.05, 3.63) is 5.82 Å². The number of quaternary nitrogens is 1. The second-order valence-electron chi connectivity index (χ2n) is 3.36. The van der Waals surface area contributed by atoms with Crippen LogP contribution in [0.5, 0.6) is 0 Å². The van der Waals surface area contributed by atoms with E-state index in [1.54, 1.807) is 0 Å². The number of hydrogen-bond donors (Lipinski definition) is 1. The molecule has 13 heavy (non-hydrogen) atoms. The molecule has 0 spiro atoms. The first kappa shape index (κ1) is 10.4. The van der Waals surface area contributed by atoms with Gasteiger partial charge >= 0.3 is 0 Å². The van der Waals surface area contributed by atoms with Crippen molar-refractivity contribution >= 4 is 12.6 Å². The Labute approximate surface area is 84.4 Å². The Bertz CT molecular complexity index is 269. The molecule has 5 heteroatoms. The summed E-state index contributed by atoms with van der Waals surface area (Å²) in [6.07, 6.45) is 0.895. The number of likely N-dealkylation sites (N-methyl/N-ethyl adjacent to an activating group) is 1. The zero-order valence-electron chi connectivity index (χ0n) is 8.37. The van der Waals surface area contributed by atoms with E-state index in [9.17, 15) is 0 Å². The zero-order valence-corrected chi connectivity index (χ0v) is 9.19. The molecule has 0 aromatic carbocycles. The molecular weight excluding hydrogens is 184 g/mol. The summed E-state index contributed by atoms with van der Waals surface area (Å²) in [6, 6.07) is 0. The third-order valence-corrected chi connectivity index (χ3v) is 2.25. The zero-order chi connectivity index (χ0) is 9.84. The van der Waals surface area contributed by atoms with Gasteiger partial charge in [-0.3, -0.25) is 0 Å². The van der Waals surface area contributed by atoms with Crippen LogP contribution < -0.4 is 4.90 Å². The Morgan fingerprint density at radius 2 is 2.08 bits per heavy atom. The molecular formula is C8H16N4S. The highest BCUT2D eigenvalue weighted by atomic mass is 32.1. The predicted octanol–water partition coefficient (Wildman–Crippen LogP) is -1.11. The van der Waals surface area contributed by atoms with Crippen molar-refractivity contribution in [1.82, 2.24) is 14.8 Å². The SMILES string of the molecule is CCc1nnc([S-])n1CC[NH+](C)C. The minimum atomic E-state index is 0.609. The normalized spacial score (nSPS) is 11.1. The number of aryl methyl sites for hydroxylation is 1. The molecule has 0 saturated carbocycles. The Kier molecular flexibility index (Phi) is 3.62. The second kappa shape index (κ2) is 4.53. The highest BCUT2D eigenvalue weighted by Gasteiger charge is 2.03. The van der Waals surface area contributed by atoms with Crippen LogP contribution in [0, 0.1) is 0 Å². The third kappa shape index (κ3) is 2.63. The molecule has 1 N–H and O–H groups in total. The minimum absolute atomic E-state index is 0.609. The summed E-state index contributed by atoms with van der Waals surface area (Å²) in [6.45, 7) is 4.03. The first-order valence-electron chi connectivity index (χ1n) is 4.53. The van der Waals surface area contributed by atoms with Crippen molar-refractivity contribution in [2.75, 3.05) is 20.6 Å².